The fraction of sp³-hybridized carbons (Fsp3) is 0.0938. The molecular weight excluding hydrogens is 622 g/mol. The number of nitrogens with one attached hydrogen (secondary N) is 3. The summed E-state index contributed by atoms with van der Waals surface area (Å²) in [6.45, 7) is 3.70. The van der Waals surface area contributed by atoms with Gasteiger partial charge in [-0.25, -0.2) is 0 Å². The standard InChI is InChI=1S/C32H27BrClN3O3S/c1-20-14-15-26(19-28(20)34)35-30(38)21(2)41-27-13-7-12-25(18-27)36-32(40)29(17-22-8-6-11-24(33)16-22)37-31(39)23-9-4-3-5-10-23/h3-19,21H,1-2H3,(H,35,38)(H,36,40)(H,37,39)/b29-17+. The normalized spacial score (nSPS) is 11.9. The Morgan fingerprint density at radius 1 is 0.854 bits per heavy atom. The molecule has 0 radical (unpaired) electrons. The fourth-order valence-electron chi connectivity index (χ4n) is 3.72. The number of thioether (sulfide) groups is 1. The van der Waals surface area contributed by atoms with E-state index in [1.807, 2.05) is 55.5 Å². The third kappa shape index (κ3) is 8.82. The van der Waals surface area contributed by atoms with Crippen molar-refractivity contribution in [3.63, 3.8) is 0 Å². The highest BCUT2D eigenvalue weighted by molar-refractivity contribution is 9.10. The van der Waals surface area contributed by atoms with Gasteiger partial charge in [-0.3, -0.25) is 14.4 Å². The number of hydrogen-bond donors (Lipinski definition) is 3. The van der Waals surface area contributed by atoms with E-state index in [1.165, 1.54) is 11.8 Å². The molecule has 0 aromatic heterocycles. The number of halogens is 2. The van der Waals surface area contributed by atoms with Gasteiger partial charge < -0.3 is 16.0 Å². The van der Waals surface area contributed by atoms with Crippen LogP contribution < -0.4 is 16.0 Å². The van der Waals surface area contributed by atoms with E-state index in [0.29, 0.717) is 22.0 Å². The number of amides is 3. The lowest BCUT2D eigenvalue weighted by Crippen LogP contribution is -2.30. The minimum atomic E-state index is -0.488. The van der Waals surface area contributed by atoms with Crippen molar-refractivity contribution >= 4 is 74.5 Å². The lowest BCUT2D eigenvalue weighted by Gasteiger charge is -2.14. The van der Waals surface area contributed by atoms with Crippen LogP contribution in [0.5, 0.6) is 0 Å². The number of hydrogen-bond acceptors (Lipinski definition) is 4. The van der Waals surface area contributed by atoms with Crippen LogP contribution in [0.2, 0.25) is 5.02 Å². The molecule has 9 heteroatoms. The van der Waals surface area contributed by atoms with Gasteiger partial charge in [0.25, 0.3) is 11.8 Å². The summed E-state index contributed by atoms with van der Waals surface area (Å²) >= 11 is 11.0. The van der Waals surface area contributed by atoms with E-state index in [1.54, 1.807) is 61.5 Å². The first-order valence-electron chi connectivity index (χ1n) is 12.7. The van der Waals surface area contributed by atoms with Gasteiger partial charge in [0.1, 0.15) is 5.70 Å². The van der Waals surface area contributed by atoms with Crippen molar-refractivity contribution in [2.24, 2.45) is 0 Å². The van der Waals surface area contributed by atoms with E-state index in [2.05, 4.69) is 31.9 Å². The van der Waals surface area contributed by atoms with Crippen LogP contribution >= 0.6 is 39.3 Å². The highest BCUT2D eigenvalue weighted by Crippen LogP contribution is 2.28. The van der Waals surface area contributed by atoms with Crippen LogP contribution in [0.15, 0.2) is 112 Å². The second kappa shape index (κ2) is 14.2. The van der Waals surface area contributed by atoms with Gasteiger partial charge in [-0.15, -0.1) is 11.8 Å². The predicted octanol–water partition coefficient (Wildman–Crippen LogP) is 7.94. The maximum Gasteiger partial charge on any atom is 0.272 e. The number of anilines is 2. The molecule has 0 aliphatic carbocycles. The quantitative estimate of drug-likeness (QED) is 0.127. The zero-order valence-corrected chi connectivity index (χ0v) is 25.4. The lowest BCUT2D eigenvalue weighted by atomic mass is 10.1. The Morgan fingerprint density at radius 3 is 2.32 bits per heavy atom. The smallest absolute Gasteiger partial charge is 0.272 e. The summed E-state index contributed by atoms with van der Waals surface area (Å²) in [5, 5.41) is 8.66. The zero-order chi connectivity index (χ0) is 29.4. The Hall–Kier alpha value is -3.85. The van der Waals surface area contributed by atoms with Crippen LogP contribution in [-0.4, -0.2) is 23.0 Å². The first-order chi connectivity index (χ1) is 19.7. The maximum absolute atomic E-state index is 13.4. The second-order valence-electron chi connectivity index (χ2n) is 9.13. The number of benzene rings is 4. The average molecular weight is 649 g/mol. The molecule has 0 saturated heterocycles. The molecule has 0 aliphatic heterocycles. The summed E-state index contributed by atoms with van der Waals surface area (Å²) in [7, 11) is 0. The molecule has 0 heterocycles. The van der Waals surface area contributed by atoms with E-state index >= 15 is 0 Å². The molecule has 4 aromatic rings. The van der Waals surface area contributed by atoms with Crippen molar-refractivity contribution in [2.45, 2.75) is 24.0 Å². The van der Waals surface area contributed by atoms with Gasteiger partial charge in [0.05, 0.1) is 5.25 Å². The van der Waals surface area contributed by atoms with E-state index < -0.39 is 17.1 Å². The van der Waals surface area contributed by atoms with Gasteiger partial charge in [0, 0.05) is 31.3 Å². The molecule has 3 amide bonds. The van der Waals surface area contributed by atoms with E-state index in [9.17, 15) is 14.4 Å². The molecule has 6 nitrogen and oxygen atoms in total. The third-order valence-electron chi connectivity index (χ3n) is 5.90. The molecule has 0 bridgehead atoms. The van der Waals surface area contributed by atoms with Crippen molar-refractivity contribution in [3.05, 3.63) is 129 Å². The van der Waals surface area contributed by atoms with Gasteiger partial charge in [0.15, 0.2) is 0 Å². The number of aryl methyl sites for hydroxylation is 1. The van der Waals surface area contributed by atoms with Crippen molar-refractivity contribution in [2.75, 3.05) is 10.6 Å². The lowest BCUT2D eigenvalue weighted by molar-refractivity contribution is -0.115. The van der Waals surface area contributed by atoms with Gasteiger partial charge >= 0.3 is 0 Å². The number of carbonyl (C=O) groups is 3. The minimum Gasteiger partial charge on any atom is -0.325 e. The van der Waals surface area contributed by atoms with Crippen molar-refractivity contribution < 1.29 is 14.4 Å². The van der Waals surface area contributed by atoms with Crippen molar-refractivity contribution in [1.82, 2.24) is 5.32 Å². The molecule has 0 fully saturated rings. The molecular formula is C32H27BrClN3O3S. The summed E-state index contributed by atoms with van der Waals surface area (Å²) < 4.78 is 0.841. The molecule has 0 spiro atoms. The van der Waals surface area contributed by atoms with E-state index in [4.69, 9.17) is 11.6 Å². The molecule has 41 heavy (non-hydrogen) atoms. The van der Waals surface area contributed by atoms with Gasteiger partial charge in [-0.2, -0.15) is 0 Å². The molecule has 0 saturated carbocycles. The summed E-state index contributed by atoms with van der Waals surface area (Å²) in [5.41, 5.74) is 3.32. The van der Waals surface area contributed by atoms with Crippen molar-refractivity contribution in [1.29, 1.82) is 0 Å². The summed E-state index contributed by atoms with van der Waals surface area (Å²) in [4.78, 5) is 39.8. The topological polar surface area (TPSA) is 87.3 Å². The van der Waals surface area contributed by atoms with Gasteiger partial charge in [0.2, 0.25) is 5.91 Å². The maximum atomic E-state index is 13.4. The van der Waals surface area contributed by atoms with E-state index in [0.717, 1.165) is 20.5 Å². The molecule has 4 rings (SSSR count). The Labute approximate surface area is 256 Å². The second-order valence-corrected chi connectivity index (χ2v) is 11.9. The third-order valence-corrected chi connectivity index (χ3v) is 7.90. The van der Waals surface area contributed by atoms with Crippen LogP contribution in [0, 0.1) is 6.92 Å². The zero-order valence-electron chi connectivity index (χ0n) is 22.3. The molecule has 208 valence electrons. The molecule has 1 atom stereocenters. The predicted molar refractivity (Wildman–Crippen MR) is 171 cm³/mol. The number of carbonyl (C=O) groups excluding carboxylic acids is 3. The fourth-order valence-corrected chi connectivity index (χ4v) is 5.25. The van der Waals surface area contributed by atoms with Crippen LogP contribution in [0.1, 0.15) is 28.4 Å². The first-order valence-corrected chi connectivity index (χ1v) is 14.7. The minimum absolute atomic E-state index is 0.0829. The van der Waals surface area contributed by atoms with Gasteiger partial charge in [-0.1, -0.05) is 70.0 Å². The molecule has 4 aromatic carbocycles. The highest BCUT2D eigenvalue weighted by atomic mass is 79.9. The van der Waals surface area contributed by atoms with Crippen LogP contribution in [-0.2, 0) is 9.59 Å². The van der Waals surface area contributed by atoms with E-state index in [-0.39, 0.29) is 11.6 Å². The van der Waals surface area contributed by atoms with Crippen LogP contribution in [0.3, 0.4) is 0 Å². The monoisotopic (exact) mass is 647 g/mol. The number of rotatable bonds is 9. The Bertz CT molecular complexity index is 1610. The Kier molecular flexibility index (Phi) is 10.4. The molecule has 0 aliphatic rings. The first kappa shape index (κ1) is 30.1. The summed E-state index contributed by atoms with van der Waals surface area (Å²) in [5.74, 6) is -1.06. The van der Waals surface area contributed by atoms with Crippen LogP contribution in [0.25, 0.3) is 6.08 Å². The largest absolute Gasteiger partial charge is 0.325 e. The molecule has 3 N–H and O–H groups in total. The highest BCUT2D eigenvalue weighted by Gasteiger charge is 2.18. The van der Waals surface area contributed by atoms with Crippen molar-refractivity contribution in [3.8, 4) is 0 Å². The average Bonchev–Trinajstić information content (AvgIpc) is 2.95. The van der Waals surface area contributed by atoms with Crippen LogP contribution in [0.4, 0.5) is 11.4 Å². The van der Waals surface area contributed by atoms with Gasteiger partial charge in [-0.05, 0) is 85.6 Å². The molecule has 1 unspecified atom stereocenters. The Balaban J connectivity index is 1.47. The summed E-state index contributed by atoms with van der Waals surface area (Å²) in [6, 6.07) is 28.6. The summed E-state index contributed by atoms with van der Waals surface area (Å²) in [6.07, 6.45) is 1.61. The SMILES string of the molecule is Cc1ccc(NC(=O)C(C)Sc2cccc(NC(=O)/C(=C\c3cccc(Br)c3)NC(=O)c3ccccc3)c2)cc1Cl. The Morgan fingerprint density at radius 2 is 1.59 bits per heavy atom.